The van der Waals surface area contributed by atoms with E-state index >= 15 is 0 Å². The van der Waals surface area contributed by atoms with E-state index in [-0.39, 0.29) is 5.91 Å². The van der Waals surface area contributed by atoms with E-state index in [1.807, 2.05) is 18.2 Å². The van der Waals surface area contributed by atoms with Crippen LogP contribution in [0, 0.1) is 0 Å². The molecule has 19 heavy (non-hydrogen) atoms. The molecule has 0 spiro atoms. The summed E-state index contributed by atoms with van der Waals surface area (Å²) in [5.74, 6) is 0.294. The van der Waals surface area contributed by atoms with Crippen molar-refractivity contribution in [3.8, 4) is 11.6 Å². The summed E-state index contributed by atoms with van der Waals surface area (Å²) < 4.78 is 5.64. The Balaban J connectivity index is 2.09. The van der Waals surface area contributed by atoms with Crippen molar-refractivity contribution in [1.29, 1.82) is 0 Å². The Bertz CT molecular complexity index is 735. The summed E-state index contributed by atoms with van der Waals surface area (Å²) in [7, 11) is 1.59. The first-order valence-corrected chi connectivity index (χ1v) is 5.82. The molecule has 1 aromatic carbocycles. The van der Waals surface area contributed by atoms with Crippen LogP contribution in [-0.4, -0.2) is 22.9 Å². The van der Waals surface area contributed by atoms with Gasteiger partial charge in [0.15, 0.2) is 5.58 Å². The largest absolute Gasteiger partial charge is 0.435 e. The molecular weight excluding hydrogens is 242 g/mol. The topological polar surface area (TPSA) is 68.0 Å². The molecule has 3 rings (SSSR count). The fraction of sp³-hybridized carbons (Fsp3) is 0.0714. The molecule has 94 valence electrons. The maximum atomic E-state index is 11.5. The van der Waals surface area contributed by atoms with Gasteiger partial charge in [-0.3, -0.25) is 9.78 Å². The van der Waals surface area contributed by atoms with Gasteiger partial charge >= 0.3 is 0 Å². The third-order valence-corrected chi connectivity index (χ3v) is 2.76. The first-order chi connectivity index (χ1) is 9.28. The second-order valence-corrected chi connectivity index (χ2v) is 4.00. The SMILES string of the molecule is CNC(=O)c1ccc2nc(-c3ccccn3)oc2c1. The number of benzene rings is 1. The van der Waals surface area contributed by atoms with Crippen LogP contribution in [0.5, 0.6) is 0 Å². The molecular formula is C14H11N3O2. The lowest BCUT2D eigenvalue weighted by Gasteiger charge is -1.97. The number of nitrogens with zero attached hydrogens (tertiary/aromatic N) is 2. The summed E-state index contributed by atoms with van der Waals surface area (Å²) in [6, 6.07) is 10.7. The number of amides is 1. The van der Waals surface area contributed by atoms with Crippen LogP contribution >= 0.6 is 0 Å². The molecule has 0 saturated heterocycles. The van der Waals surface area contributed by atoms with Gasteiger partial charge in [0.25, 0.3) is 5.91 Å². The van der Waals surface area contributed by atoms with Crippen LogP contribution in [0.15, 0.2) is 47.0 Å². The Morgan fingerprint density at radius 1 is 1.26 bits per heavy atom. The van der Waals surface area contributed by atoms with Crippen molar-refractivity contribution in [1.82, 2.24) is 15.3 Å². The van der Waals surface area contributed by atoms with E-state index in [0.717, 1.165) is 0 Å². The molecule has 0 aliphatic carbocycles. The van der Waals surface area contributed by atoms with E-state index in [4.69, 9.17) is 4.42 Å². The van der Waals surface area contributed by atoms with Gasteiger partial charge < -0.3 is 9.73 Å². The van der Waals surface area contributed by atoms with E-state index in [0.29, 0.717) is 28.2 Å². The number of oxazole rings is 1. The van der Waals surface area contributed by atoms with Gasteiger partial charge in [0, 0.05) is 18.8 Å². The van der Waals surface area contributed by atoms with E-state index in [9.17, 15) is 4.79 Å². The van der Waals surface area contributed by atoms with Crippen LogP contribution < -0.4 is 5.32 Å². The van der Waals surface area contributed by atoms with Gasteiger partial charge in [-0.25, -0.2) is 4.98 Å². The summed E-state index contributed by atoms with van der Waals surface area (Å²) >= 11 is 0. The molecule has 1 N–H and O–H groups in total. The summed E-state index contributed by atoms with van der Waals surface area (Å²) in [5.41, 5.74) is 2.48. The first kappa shape index (κ1) is 11.4. The highest BCUT2D eigenvalue weighted by Gasteiger charge is 2.11. The number of hydrogen-bond donors (Lipinski definition) is 1. The van der Waals surface area contributed by atoms with Gasteiger partial charge in [-0.15, -0.1) is 0 Å². The van der Waals surface area contributed by atoms with E-state index < -0.39 is 0 Å². The zero-order valence-electron chi connectivity index (χ0n) is 10.3. The second-order valence-electron chi connectivity index (χ2n) is 4.00. The molecule has 1 amide bonds. The Morgan fingerprint density at radius 3 is 2.89 bits per heavy atom. The lowest BCUT2D eigenvalue weighted by molar-refractivity contribution is 0.0963. The van der Waals surface area contributed by atoms with E-state index in [1.54, 1.807) is 31.4 Å². The minimum Gasteiger partial charge on any atom is -0.435 e. The molecule has 5 heteroatoms. The van der Waals surface area contributed by atoms with Crippen LogP contribution in [0.1, 0.15) is 10.4 Å². The van der Waals surface area contributed by atoms with Crippen LogP contribution in [0.4, 0.5) is 0 Å². The molecule has 2 aromatic heterocycles. The van der Waals surface area contributed by atoms with Crippen LogP contribution in [-0.2, 0) is 0 Å². The monoisotopic (exact) mass is 253 g/mol. The Hall–Kier alpha value is -2.69. The summed E-state index contributed by atoms with van der Waals surface area (Å²) in [4.78, 5) is 20.1. The minimum absolute atomic E-state index is 0.155. The maximum Gasteiger partial charge on any atom is 0.251 e. The van der Waals surface area contributed by atoms with Crippen LogP contribution in [0.3, 0.4) is 0 Å². The van der Waals surface area contributed by atoms with Crippen molar-refractivity contribution in [2.75, 3.05) is 7.05 Å². The third-order valence-electron chi connectivity index (χ3n) is 2.76. The van der Waals surface area contributed by atoms with Crippen molar-refractivity contribution in [2.24, 2.45) is 0 Å². The number of rotatable bonds is 2. The molecule has 0 bridgehead atoms. The highest BCUT2D eigenvalue weighted by atomic mass is 16.3. The second kappa shape index (κ2) is 4.53. The van der Waals surface area contributed by atoms with Gasteiger partial charge in [-0.2, -0.15) is 0 Å². The molecule has 0 atom stereocenters. The highest BCUT2D eigenvalue weighted by molar-refractivity contribution is 5.97. The normalized spacial score (nSPS) is 10.6. The van der Waals surface area contributed by atoms with Crippen molar-refractivity contribution in [3.63, 3.8) is 0 Å². The third kappa shape index (κ3) is 2.06. The quantitative estimate of drug-likeness (QED) is 0.760. The molecule has 0 aliphatic rings. The first-order valence-electron chi connectivity index (χ1n) is 5.82. The number of fused-ring (bicyclic) bond motifs is 1. The van der Waals surface area contributed by atoms with Gasteiger partial charge in [0.1, 0.15) is 11.2 Å². The number of nitrogens with one attached hydrogen (secondary N) is 1. The number of carbonyl (C=O) groups is 1. The van der Waals surface area contributed by atoms with Crippen molar-refractivity contribution >= 4 is 17.0 Å². The minimum atomic E-state index is -0.155. The zero-order chi connectivity index (χ0) is 13.2. The lowest BCUT2D eigenvalue weighted by atomic mass is 10.2. The number of carbonyl (C=O) groups excluding carboxylic acids is 1. The van der Waals surface area contributed by atoms with Crippen LogP contribution in [0.25, 0.3) is 22.7 Å². The van der Waals surface area contributed by atoms with E-state index in [2.05, 4.69) is 15.3 Å². The van der Waals surface area contributed by atoms with Gasteiger partial charge in [0.2, 0.25) is 5.89 Å². The summed E-state index contributed by atoms with van der Waals surface area (Å²) in [6.45, 7) is 0. The van der Waals surface area contributed by atoms with Gasteiger partial charge in [-0.1, -0.05) is 6.07 Å². The molecule has 5 nitrogen and oxygen atoms in total. The van der Waals surface area contributed by atoms with Crippen molar-refractivity contribution in [2.45, 2.75) is 0 Å². The Morgan fingerprint density at radius 2 is 2.16 bits per heavy atom. The van der Waals surface area contributed by atoms with Crippen molar-refractivity contribution < 1.29 is 9.21 Å². The fourth-order valence-corrected chi connectivity index (χ4v) is 1.81. The standard InChI is InChI=1S/C14H11N3O2/c1-15-13(18)9-5-6-10-12(8-9)19-14(17-10)11-4-2-3-7-16-11/h2-8H,1H3,(H,15,18). The molecule has 0 fully saturated rings. The lowest BCUT2D eigenvalue weighted by Crippen LogP contribution is -2.17. The Labute approximate surface area is 109 Å². The number of hydrogen-bond acceptors (Lipinski definition) is 4. The van der Waals surface area contributed by atoms with Crippen LogP contribution in [0.2, 0.25) is 0 Å². The zero-order valence-corrected chi connectivity index (χ0v) is 10.3. The summed E-state index contributed by atoms with van der Waals surface area (Å²) in [5, 5.41) is 2.57. The average Bonchev–Trinajstić information content (AvgIpc) is 2.90. The van der Waals surface area contributed by atoms with E-state index in [1.165, 1.54) is 0 Å². The average molecular weight is 253 g/mol. The Kier molecular flexibility index (Phi) is 2.72. The molecule has 3 aromatic rings. The van der Waals surface area contributed by atoms with Crippen molar-refractivity contribution in [3.05, 3.63) is 48.2 Å². The highest BCUT2D eigenvalue weighted by Crippen LogP contribution is 2.23. The van der Waals surface area contributed by atoms with Gasteiger partial charge in [0.05, 0.1) is 0 Å². The molecule has 2 heterocycles. The number of aromatic nitrogens is 2. The molecule has 0 radical (unpaired) electrons. The molecule has 0 unspecified atom stereocenters. The predicted molar refractivity (Wildman–Crippen MR) is 70.6 cm³/mol. The smallest absolute Gasteiger partial charge is 0.251 e. The maximum absolute atomic E-state index is 11.5. The predicted octanol–water partition coefficient (Wildman–Crippen LogP) is 2.25. The molecule has 0 aliphatic heterocycles. The summed E-state index contributed by atoms with van der Waals surface area (Å²) in [6.07, 6.45) is 1.68. The fourth-order valence-electron chi connectivity index (χ4n) is 1.81. The number of pyridine rings is 1. The molecule has 0 saturated carbocycles. The van der Waals surface area contributed by atoms with Gasteiger partial charge in [-0.05, 0) is 30.3 Å².